The number of sulfonamides is 1. The molecule has 0 fully saturated rings. The van der Waals surface area contributed by atoms with Crippen molar-refractivity contribution >= 4 is 37.5 Å². The van der Waals surface area contributed by atoms with Gasteiger partial charge in [0.1, 0.15) is 5.75 Å². The zero-order valence-electron chi connectivity index (χ0n) is 15.7. The fourth-order valence-corrected chi connectivity index (χ4v) is 4.21. The molecule has 2 aromatic rings. The fraction of sp³-hybridized carbons (Fsp3) is 0.316. The smallest absolute Gasteiger partial charge is 0.255 e. The van der Waals surface area contributed by atoms with E-state index < -0.39 is 15.6 Å². The third-order valence-electron chi connectivity index (χ3n) is 3.36. The fourth-order valence-electron chi connectivity index (χ4n) is 2.30. The van der Waals surface area contributed by atoms with Gasteiger partial charge < -0.3 is 10.1 Å². The number of amides is 1. The number of ether oxygens (including phenoxy) is 1. The summed E-state index contributed by atoms with van der Waals surface area (Å²) in [5, 5.41) is 2.75. The van der Waals surface area contributed by atoms with E-state index in [-0.39, 0.29) is 10.8 Å². The number of rotatable bonds is 6. The molecule has 0 atom stereocenters. The minimum atomic E-state index is -3.61. The number of hydrogen-bond acceptors (Lipinski definition) is 4. The largest absolute Gasteiger partial charge is 0.493 e. The maximum Gasteiger partial charge on any atom is 0.255 e. The zero-order valence-corrected chi connectivity index (χ0v) is 18.1. The Morgan fingerprint density at radius 2 is 1.74 bits per heavy atom. The summed E-state index contributed by atoms with van der Waals surface area (Å²) in [6.07, 6.45) is 0. The highest BCUT2D eigenvalue weighted by Crippen LogP contribution is 2.26. The van der Waals surface area contributed by atoms with Gasteiger partial charge in [-0.05, 0) is 86.1 Å². The Morgan fingerprint density at radius 3 is 2.26 bits per heavy atom. The second-order valence-electron chi connectivity index (χ2n) is 6.91. The Kier molecular flexibility index (Phi) is 6.67. The van der Waals surface area contributed by atoms with Crippen LogP contribution in [0.15, 0.2) is 51.8 Å². The molecule has 0 spiro atoms. The molecular formula is C19H23BrN2O4S. The molecule has 2 rings (SSSR count). The molecule has 0 bridgehead atoms. The third kappa shape index (κ3) is 6.05. The lowest BCUT2D eigenvalue weighted by atomic mass is 10.1. The summed E-state index contributed by atoms with van der Waals surface area (Å²) in [7, 11) is -3.61. The summed E-state index contributed by atoms with van der Waals surface area (Å²) >= 11 is 3.38. The van der Waals surface area contributed by atoms with E-state index in [2.05, 4.69) is 26.0 Å². The second kappa shape index (κ2) is 8.41. The molecule has 0 aliphatic carbocycles. The number of benzene rings is 2. The Morgan fingerprint density at radius 1 is 1.11 bits per heavy atom. The van der Waals surface area contributed by atoms with Crippen LogP contribution in [-0.2, 0) is 10.0 Å². The van der Waals surface area contributed by atoms with Crippen LogP contribution in [-0.4, -0.2) is 26.5 Å². The Labute approximate surface area is 168 Å². The highest BCUT2D eigenvalue weighted by atomic mass is 79.9. The number of carbonyl (C=O) groups excluding carboxylic acids is 1. The summed E-state index contributed by atoms with van der Waals surface area (Å²) in [6.45, 7) is 7.73. The quantitative estimate of drug-likeness (QED) is 0.685. The molecule has 0 unspecified atom stereocenters. The lowest BCUT2D eigenvalue weighted by molar-refractivity contribution is 0.102. The van der Waals surface area contributed by atoms with E-state index in [1.165, 1.54) is 12.1 Å². The predicted molar refractivity (Wildman–Crippen MR) is 110 cm³/mol. The SMILES string of the molecule is CCOc1ccc(C(=O)Nc2ccc(S(=O)(=O)NC(C)(C)C)cc2)cc1Br. The van der Waals surface area contributed by atoms with E-state index in [0.29, 0.717) is 28.1 Å². The molecule has 2 N–H and O–H groups in total. The van der Waals surface area contributed by atoms with Crippen molar-refractivity contribution in [3.8, 4) is 5.75 Å². The molecule has 1 amide bonds. The Bertz CT molecular complexity index is 920. The van der Waals surface area contributed by atoms with Crippen LogP contribution in [0.2, 0.25) is 0 Å². The normalized spacial score (nSPS) is 11.9. The van der Waals surface area contributed by atoms with Gasteiger partial charge >= 0.3 is 0 Å². The molecule has 0 radical (unpaired) electrons. The summed E-state index contributed by atoms with van der Waals surface area (Å²) < 4.78 is 33.3. The van der Waals surface area contributed by atoms with Crippen LogP contribution in [0, 0.1) is 0 Å². The molecule has 0 heterocycles. The lowest BCUT2D eigenvalue weighted by Crippen LogP contribution is -2.40. The van der Waals surface area contributed by atoms with Gasteiger partial charge in [-0.25, -0.2) is 13.1 Å². The molecule has 2 aromatic carbocycles. The Balaban J connectivity index is 2.12. The number of hydrogen-bond donors (Lipinski definition) is 2. The van der Waals surface area contributed by atoms with Crippen LogP contribution < -0.4 is 14.8 Å². The van der Waals surface area contributed by atoms with Crippen molar-refractivity contribution in [1.29, 1.82) is 0 Å². The topological polar surface area (TPSA) is 84.5 Å². The van der Waals surface area contributed by atoms with Gasteiger partial charge in [-0.3, -0.25) is 4.79 Å². The maximum atomic E-state index is 12.4. The van der Waals surface area contributed by atoms with Crippen molar-refractivity contribution < 1.29 is 17.9 Å². The minimum absolute atomic E-state index is 0.138. The average molecular weight is 455 g/mol. The van der Waals surface area contributed by atoms with Gasteiger partial charge in [0.15, 0.2) is 0 Å². The van der Waals surface area contributed by atoms with Crippen LogP contribution in [0.4, 0.5) is 5.69 Å². The van der Waals surface area contributed by atoms with Gasteiger partial charge in [-0.1, -0.05) is 0 Å². The number of carbonyl (C=O) groups is 1. The van der Waals surface area contributed by atoms with E-state index in [4.69, 9.17) is 4.74 Å². The number of nitrogens with one attached hydrogen (secondary N) is 2. The second-order valence-corrected chi connectivity index (χ2v) is 9.45. The highest BCUT2D eigenvalue weighted by Gasteiger charge is 2.21. The van der Waals surface area contributed by atoms with Crippen molar-refractivity contribution in [2.75, 3.05) is 11.9 Å². The van der Waals surface area contributed by atoms with Gasteiger partial charge in [-0.15, -0.1) is 0 Å². The molecule has 8 heteroatoms. The van der Waals surface area contributed by atoms with Gasteiger partial charge in [-0.2, -0.15) is 0 Å². The van der Waals surface area contributed by atoms with E-state index >= 15 is 0 Å². The monoisotopic (exact) mass is 454 g/mol. The first kappa shape index (κ1) is 21.4. The van der Waals surface area contributed by atoms with Crippen LogP contribution >= 0.6 is 15.9 Å². The summed E-state index contributed by atoms with van der Waals surface area (Å²) in [5.74, 6) is 0.358. The van der Waals surface area contributed by atoms with Crippen molar-refractivity contribution in [2.24, 2.45) is 0 Å². The van der Waals surface area contributed by atoms with Crippen LogP contribution in [0.25, 0.3) is 0 Å². The van der Waals surface area contributed by atoms with E-state index in [9.17, 15) is 13.2 Å². The lowest BCUT2D eigenvalue weighted by Gasteiger charge is -2.20. The van der Waals surface area contributed by atoms with Gasteiger partial charge in [0.05, 0.1) is 16.0 Å². The minimum Gasteiger partial charge on any atom is -0.493 e. The first-order valence-corrected chi connectivity index (χ1v) is 10.7. The van der Waals surface area contributed by atoms with Crippen molar-refractivity contribution in [2.45, 2.75) is 38.1 Å². The molecule has 146 valence electrons. The molecular weight excluding hydrogens is 432 g/mol. The van der Waals surface area contributed by atoms with E-state index in [0.717, 1.165) is 0 Å². The zero-order chi connectivity index (χ0) is 20.2. The van der Waals surface area contributed by atoms with E-state index in [1.54, 1.807) is 51.1 Å². The highest BCUT2D eigenvalue weighted by molar-refractivity contribution is 9.10. The van der Waals surface area contributed by atoms with Gasteiger partial charge in [0.25, 0.3) is 5.91 Å². The average Bonchev–Trinajstić information content (AvgIpc) is 2.55. The first-order valence-electron chi connectivity index (χ1n) is 8.39. The summed E-state index contributed by atoms with van der Waals surface area (Å²) in [5.41, 5.74) is 0.378. The van der Waals surface area contributed by atoms with Crippen molar-refractivity contribution in [3.63, 3.8) is 0 Å². The van der Waals surface area contributed by atoms with Crippen molar-refractivity contribution in [3.05, 3.63) is 52.5 Å². The number of halogens is 1. The molecule has 0 aromatic heterocycles. The predicted octanol–water partition coefficient (Wildman–Crippen LogP) is 4.18. The molecule has 0 saturated carbocycles. The number of anilines is 1. The van der Waals surface area contributed by atoms with Crippen LogP contribution in [0.3, 0.4) is 0 Å². The first-order chi connectivity index (χ1) is 12.5. The molecule has 27 heavy (non-hydrogen) atoms. The van der Waals surface area contributed by atoms with Crippen LogP contribution in [0.1, 0.15) is 38.1 Å². The Hall–Kier alpha value is -1.90. The van der Waals surface area contributed by atoms with E-state index in [1.807, 2.05) is 6.92 Å². The molecule has 0 aliphatic rings. The van der Waals surface area contributed by atoms with Gasteiger partial charge in [0, 0.05) is 16.8 Å². The van der Waals surface area contributed by atoms with Crippen molar-refractivity contribution in [1.82, 2.24) is 4.72 Å². The van der Waals surface area contributed by atoms with Gasteiger partial charge in [0.2, 0.25) is 10.0 Å². The summed E-state index contributed by atoms with van der Waals surface area (Å²) in [4.78, 5) is 12.5. The third-order valence-corrected chi connectivity index (χ3v) is 5.75. The maximum absolute atomic E-state index is 12.4. The molecule has 0 aliphatic heterocycles. The molecule has 6 nitrogen and oxygen atoms in total. The summed E-state index contributed by atoms with van der Waals surface area (Å²) in [6, 6.07) is 11.1. The molecule has 0 saturated heterocycles. The standard InChI is InChI=1S/C19H23BrN2O4S/c1-5-26-17-11-6-13(12-16(17)20)18(23)21-14-7-9-15(10-8-14)27(24,25)22-19(2,3)4/h6-12,22H,5H2,1-4H3,(H,21,23). The van der Waals surface area contributed by atoms with Crippen LogP contribution in [0.5, 0.6) is 5.75 Å².